The molecule has 0 aliphatic rings. The molecule has 4 heteroatoms. The van der Waals surface area contributed by atoms with E-state index in [4.69, 9.17) is 0 Å². The molecule has 0 fully saturated rings. The van der Waals surface area contributed by atoms with E-state index in [1.165, 1.54) is 11.1 Å². The molecule has 100 valence electrons. The first kappa shape index (κ1) is 14.9. The lowest BCUT2D eigenvalue weighted by molar-refractivity contribution is 0.824. The molecule has 0 radical (unpaired) electrons. The third kappa shape index (κ3) is 5.00. The van der Waals surface area contributed by atoms with Crippen molar-refractivity contribution in [1.82, 2.24) is 10.6 Å². The first-order chi connectivity index (χ1) is 8.81. The second kappa shape index (κ2) is 8.86. The van der Waals surface area contributed by atoms with Crippen molar-refractivity contribution in [3.05, 3.63) is 35.4 Å². The van der Waals surface area contributed by atoms with Crippen LogP contribution in [0.3, 0.4) is 0 Å². The van der Waals surface area contributed by atoms with E-state index in [1.807, 2.05) is 11.8 Å². The fourth-order valence-corrected chi connectivity index (χ4v) is 2.05. The highest BCUT2D eigenvalue weighted by atomic mass is 32.2. The van der Waals surface area contributed by atoms with Crippen LogP contribution in [0.5, 0.6) is 0 Å². The fraction of sp³-hybridized carbons (Fsp3) is 0.500. The van der Waals surface area contributed by atoms with Crippen LogP contribution in [0.1, 0.15) is 18.1 Å². The minimum Gasteiger partial charge on any atom is -0.356 e. The van der Waals surface area contributed by atoms with Crippen molar-refractivity contribution < 1.29 is 0 Å². The van der Waals surface area contributed by atoms with Gasteiger partial charge in [0.05, 0.1) is 0 Å². The summed E-state index contributed by atoms with van der Waals surface area (Å²) in [7, 11) is 1.81. The van der Waals surface area contributed by atoms with Gasteiger partial charge in [0.15, 0.2) is 5.96 Å². The minimum absolute atomic E-state index is 0.822. The lowest BCUT2D eigenvalue weighted by Gasteiger charge is -2.13. The molecule has 0 bridgehead atoms. The smallest absolute Gasteiger partial charge is 0.191 e. The lowest BCUT2D eigenvalue weighted by atomic mass is 10.1. The maximum absolute atomic E-state index is 4.22. The highest BCUT2D eigenvalue weighted by Gasteiger charge is 2.01. The van der Waals surface area contributed by atoms with Crippen LogP contribution in [0.2, 0.25) is 0 Å². The maximum Gasteiger partial charge on any atom is 0.191 e. The number of benzene rings is 1. The number of aryl methyl sites for hydroxylation is 1. The molecule has 0 amide bonds. The standard InChI is InChI=1S/C14H23N3S/c1-4-12-7-5-6-8-13(12)11-17-14(15-2)16-9-10-18-3/h5-8H,4,9-11H2,1-3H3,(H2,15,16,17). The summed E-state index contributed by atoms with van der Waals surface area (Å²) in [5.41, 5.74) is 2.73. The number of rotatable bonds is 6. The number of nitrogens with one attached hydrogen (secondary N) is 2. The van der Waals surface area contributed by atoms with Crippen LogP contribution in [0, 0.1) is 0 Å². The topological polar surface area (TPSA) is 36.4 Å². The van der Waals surface area contributed by atoms with Gasteiger partial charge in [0.2, 0.25) is 0 Å². The van der Waals surface area contributed by atoms with E-state index in [0.29, 0.717) is 0 Å². The van der Waals surface area contributed by atoms with E-state index in [0.717, 1.165) is 31.2 Å². The minimum atomic E-state index is 0.822. The van der Waals surface area contributed by atoms with Gasteiger partial charge >= 0.3 is 0 Å². The molecule has 18 heavy (non-hydrogen) atoms. The Morgan fingerprint density at radius 2 is 1.94 bits per heavy atom. The molecule has 2 N–H and O–H groups in total. The molecule has 0 saturated carbocycles. The van der Waals surface area contributed by atoms with Gasteiger partial charge in [-0.25, -0.2) is 0 Å². The molecule has 0 aromatic heterocycles. The summed E-state index contributed by atoms with van der Waals surface area (Å²) in [5, 5.41) is 6.65. The molecule has 1 rings (SSSR count). The molecule has 0 unspecified atom stereocenters. The molecule has 1 aromatic carbocycles. The number of hydrogen-bond acceptors (Lipinski definition) is 2. The van der Waals surface area contributed by atoms with Gasteiger partial charge in [0, 0.05) is 25.9 Å². The van der Waals surface area contributed by atoms with E-state index < -0.39 is 0 Å². The Morgan fingerprint density at radius 1 is 1.22 bits per heavy atom. The monoisotopic (exact) mass is 265 g/mol. The predicted octanol–water partition coefficient (Wildman–Crippen LogP) is 2.28. The molecule has 0 aliphatic heterocycles. The van der Waals surface area contributed by atoms with E-state index in [2.05, 4.69) is 53.1 Å². The molecule has 0 atom stereocenters. The van der Waals surface area contributed by atoms with Crippen LogP contribution in [-0.2, 0) is 13.0 Å². The summed E-state index contributed by atoms with van der Waals surface area (Å²) in [6.07, 6.45) is 3.17. The van der Waals surface area contributed by atoms with Crippen molar-refractivity contribution in [3.8, 4) is 0 Å². The van der Waals surface area contributed by atoms with Crippen molar-refractivity contribution in [3.63, 3.8) is 0 Å². The molecule has 0 spiro atoms. The van der Waals surface area contributed by atoms with E-state index in [1.54, 1.807) is 7.05 Å². The largest absolute Gasteiger partial charge is 0.356 e. The van der Waals surface area contributed by atoms with Crippen LogP contribution < -0.4 is 10.6 Å². The summed E-state index contributed by atoms with van der Waals surface area (Å²) >= 11 is 1.83. The quantitative estimate of drug-likeness (QED) is 0.471. The summed E-state index contributed by atoms with van der Waals surface area (Å²) in [6, 6.07) is 8.52. The van der Waals surface area contributed by atoms with Crippen molar-refractivity contribution in [2.75, 3.05) is 25.6 Å². The SMILES string of the molecule is CCc1ccccc1CNC(=NC)NCCSC. The molecule has 1 aromatic rings. The Bertz CT molecular complexity index is 377. The van der Waals surface area contributed by atoms with E-state index in [9.17, 15) is 0 Å². The summed E-state index contributed by atoms with van der Waals surface area (Å²) in [6.45, 7) is 3.95. The van der Waals surface area contributed by atoms with Gasteiger partial charge in [-0.1, -0.05) is 31.2 Å². The number of aliphatic imine (C=N–C) groups is 1. The number of guanidine groups is 1. The van der Waals surface area contributed by atoms with Crippen molar-refractivity contribution in [1.29, 1.82) is 0 Å². The molecular weight excluding hydrogens is 242 g/mol. The average molecular weight is 265 g/mol. The summed E-state index contributed by atoms with van der Waals surface area (Å²) < 4.78 is 0. The average Bonchev–Trinajstić information content (AvgIpc) is 2.43. The number of thioether (sulfide) groups is 1. The molecule has 0 heterocycles. The van der Waals surface area contributed by atoms with Gasteiger partial charge in [-0.05, 0) is 23.8 Å². The van der Waals surface area contributed by atoms with Crippen LogP contribution in [0.25, 0.3) is 0 Å². The normalized spacial score (nSPS) is 11.4. The first-order valence-electron chi connectivity index (χ1n) is 6.32. The Kier molecular flexibility index (Phi) is 7.34. The van der Waals surface area contributed by atoms with Crippen molar-refractivity contribution >= 4 is 17.7 Å². The fourth-order valence-electron chi connectivity index (χ4n) is 1.75. The van der Waals surface area contributed by atoms with Gasteiger partial charge in [-0.2, -0.15) is 11.8 Å². The predicted molar refractivity (Wildman–Crippen MR) is 82.4 cm³/mol. The third-order valence-corrected chi connectivity index (χ3v) is 3.38. The molecule has 0 saturated heterocycles. The Labute approximate surface area is 114 Å². The third-order valence-electron chi connectivity index (χ3n) is 2.77. The zero-order valence-electron chi connectivity index (χ0n) is 11.5. The van der Waals surface area contributed by atoms with E-state index in [-0.39, 0.29) is 0 Å². The zero-order chi connectivity index (χ0) is 13.2. The van der Waals surface area contributed by atoms with Gasteiger partial charge in [0.25, 0.3) is 0 Å². The Hall–Kier alpha value is -1.16. The molecule has 3 nitrogen and oxygen atoms in total. The van der Waals surface area contributed by atoms with Crippen LogP contribution >= 0.6 is 11.8 Å². The molecular formula is C14H23N3S. The van der Waals surface area contributed by atoms with Gasteiger partial charge < -0.3 is 10.6 Å². The number of nitrogens with zero attached hydrogens (tertiary/aromatic N) is 1. The second-order valence-electron chi connectivity index (χ2n) is 3.97. The van der Waals surface area contributed by atoms with Crippen LogP contribution in [-0.4, -0.2) is 31.6 Å². The lowest BCUT2D eigenvalue weighted by Crippen LogP contribution is -2.38. The van der Waals surface area contributed by atoms with Crippen LogP contribution in [0.4, 0.5) is 0 Å². The highest BCUT2D eigenvalue weighted by molar-refractivity contribution is 7.98. The summed E-state index contributed by atoms with van der Waals surface area (Å²) in [5.74, 6) is 1.96. The second-order valence-corrected chi connectivity index (χ2v) is 4.95. The van der Waals surface area contributed by atoms with Gasteiger partial charge in [-0.3, -0.25) is 4.99 Å². The summed E-state index contributed by atoms with van der Waals surface area (Å²) in [4.78, 5) is 4.22. The highest BCUT2D eigenvalue weighted by Crippen LogP contribution is 2.08. The maximum atomic E-state index is 4.22. The zero-order valence-corrected chi connectivity index (χ0v) is 12.3. The van der Waals surface area contributed by atoms with Crippen molar-refractivity contribution in [2.45, 2.75) is 19.9 Å². The Balaban J connectivity index is 2.47. The van der Waals surface area contributed by atoms with Crippen LogP contribution in [0.15, 0.2) is 29.3 Å². The first-order valence-corrected chi connectivity index (χ1v) is 7.71. The van der Waals surface area contributed by atoms with E-state index >= 15 is 0 Å². The number of hydrogen-bond donors (Lipinski definition) is 2. The van der Waals surface area contributed by atoms with Crippen molar-refractivity contribution in [2.24, 2.45) is 4.99 Å². The Morgan fingerprint density at radius 3 is 2.56 bits per heavy atom. The van der Waals surface area contributed by atoms with Gasteiger partial charge in [-0.15, -0.1) is 0 Å². The van der Waals surface area contributed by atoms with Gasteiger partial charge in [0.1, 0.15) is 0 Å². The molecule has 0 aliphatic carbocycles.